The van der Waals surface area contributed by atoms with Crippen LogP contribution in [0.15, 0.2) is 59.5 Å². The van der Waals surface area contributed by atoms with Crippen LogP contribution in [-0.2, 0) is 4.79 Å². The van der Waals surface area contributed by atoms with Gasteiger partial charge in [-0.05, 0) is 30.3 Å². The number of benzene rings is 2. The first-order chi connectivity index (χ1) is 10.7. The molecule has 0 aliphatic rings. The Hall–Kier alpha value is -2.47. The number of para-hydroxylation sites is 1. The van der Waals surface area contributed by atoms with Crippen LogP contribution in [0.5, 0.6) is 5.75 Å². The van der Waals surface area contributed by atoms with Crippen LogP contribution in [0.1, 0.15) is 0 Å². The molecular weight excluding hydrogens is 300 g/mol. The lowest BCUT2D eigenvalue weighted by molar-refractivity contribution is -0.117. The fourth-order valence-electron chi connectivity index (χ4n) is 1.69. The molecule has 3 amide bonds. The second-order valence-corrected chi connectivity index (χ2v) is 5.38. The number of urea groups is 1. The van der Waals surface area contributed by atoms with Gasteiger partial charge in [0.05, 0.1) is 12.9 Å². The summed E-state index contributed by atoms with van der Waals surface area (Å²) in [7, 11) is 1.59. The number of nitrogens with one attached hydrogen (secondary N) is 2. The van der Waals surface area contributed by atoms with Gasteiger partial charge in [-0.25, -0.2) is 4.79 Å². The first-order valence-electron chi connectivity index (χ1n) is 6.60. The van der Waals surface area contributed by atoms with Crippen molar-refractivity contribution in [1.29, 1.82) is 0 Å². The van der Waals surface area contributed by atoms with E-state index in [2.05, 4.69) is 10.6 Å². The van der Waals surface area contributed by atoms with Crippen molar-refractivity contribution in [3.63, 3.8) is 0 Å². The first kappa shape index (κ1) is 15.9. The fraction of sp³-hybridized carbons (Fsp3) is 0.125. The Bertz CT molecular complexity index is 647. The highest BCUT2D eigenvalue weighted by atomic mass is 32.2. The number of amides is 3. The van der Waals surface area contributed by atoms with Crippen molar-refractivity contribution in [2.24, 2.45) is 0 Å². The van der Waals surface area contributed by atoms with E-state index in [0.717, 1.165) is 10.6 Å². The van der Waals surface area contributed by atoms with Gasteiger partial charge in [0.15, 0.2) is 0 Å². The number of hydrogen-bond acceptors (Lipinski definition) is 4. The molecule has 0 aromatic heterocycles. The van der Waals surface area contributed by atoms with Crippen LogP contribution < -0.4 is 15.4 Å². The molecule has 2 N–H and O–H groups in total. The molecule has 0 radical (unpaired) electrons. The average molecular weight is 316 g/mol. The van der Waals surface area contributed by atoms with Gasteiger partial charge < -0.3 is 10.1 Å². The monoisotopic (exact) mass is 316 g/mol. The third kappa shape index (κ3) is 5.14. The fourth-order valence-corrected chi connectivity index (χ4v) is 2.43. The minimum atomic E-state index is -0.539. The molecule has 22 heavy (non-hydrogen) atoms. The molecule has 0 fully saturated rings. The maximum absolute atomic E-state index is 11.7. The van der Waals surface area contributed by atoms with Crippen LogP contribution in [0.4, 0.5) is 10.5 Å². The number of anilines is 1. The lowest BCUT2D eigenvalue weighted by Gasteiger charge is -2.07. The third-order valence-electron chi connectivity index (χ3n) is 2.70. The number of methoxy groups -OCH3 is 1. The lowest BCUT2D eigenvalue weighted by Crippen LogP contribution is -2.35. The van der Waals surface area contributed by atoms with Crippen LogP contribution in [0, 0.1) is 0 Å². The Kier molecular flexibility index (Phi) is 5.85. The summed E-state index contributed by atoms with van der Waals surface area (Å²) in [6, 6.07) is 15.8. The second kappa shape index (κ2) is 8.09. The molecule has 0 unspecified atom stereocenters. The third-order valence-corrected chi connectivity index (χ3v) is 3.69. The summed E-state index contributed by atoms with van der Waals surface area (Å²) in [6.07, 6.45) is 0. The Morgan fingerprint density at radius 3 is 2.59 bits per heavy atom. The minimum Gasteiger partial charge on any atom is -0.497 e. The van der Waals surface area contributed by atoms with Crippen molar-refractivity contribution < 1.29 is 14.3 Å². The van der Waals surface area contributed by atoms with E-state index in [1.54, 1.807) is 31.4 Å². The number of rotatable bonds is 5. The van der Waals surface area contributed by atoms with E-state index in [1.807, 2.05) is 30.3 Å². The summed E-state index contributed by atoms with van der Waals surface area (Å²) < 4.78 is 5.11. The van der Waals surface area contributed by atoms with E-state index >= 15 is 0 Å². The Morgan fingerprint density at radius 2 is 1.86 bits per heavy atom. The van der Waals surface area contributed by atoms with E-state index in [0.29, 0.717) is 5.69 Å². The zero-order valence-corrected chi connectivity index (χ0v) is 12.9. The highest BCUT2D eigenvalue weighted by Crippen LogP contribution is 2.22. The van der Waals surface area contributed by atoms with Gasteiger partial charge in [-0.3, -0.25) is 10.1 Å². The smallest absolute Gasteiger partial charge is 0.325 e. The molecule has 2 rings (SSSR count). The van der Waals surface area contributed by atoms with Crippen LogP contribution in [0.3, 0.4) is 0 Å². The zero-order valence-electron chi connectivity index (χ0n) is 12.0. The average Bonchev–Trinajstić information content (AvgIpc) is 2.54. The molecule has 0 atom stereocenters. The van der Waals surface area contributed by atoms with Gasteiger partial charge in [0.1, 0.15) is 5.75 Å². The normalized spacial score (nSPS) is 9.86. The van der Waals surface area contributed by atoms with Gasteiger partial charge in [0.2, 0.25) is 5.91 Å². The lowest BCUT2D eigenvalue weighted by atomic mass is 10.3. The van der Waals surface area contributed by atoms with Crippen LogP contribution >= 0.6 is 11.8 Å². The van der Waals surface area contributed by atoms with E-state index < -0.39 is 6.03 Å². The Labute approximate surface area is 133 Å². The molecule has 0 spiro atoms. The van der Waals surface area contributed by atoms with Gasteiger partial charge in [-0.15, -0.1) is 11.8 Å². The highest BCUT2D eigenvalue weighted by molar-refractivity contribution is 8.00. The quantitative estimate of drug-likeness (QED) is 0.832. The summed E-state index contributed by atoms with van der Waals surface area (Å²) in [4.78, 5) is 24.3. The molecule has 6 heteroatoms. The zero-order chi connectivity index (χ0) is 15.8. The predicted molar refractivity (Wildman–Crippen MR) is 87.3 cm³/mol. The van der Waals surface area contributed by atoms with Gasteiger partial charge in [0.25, 0.3) is 0 Å². The Balaban J connectivity index is 1.79. The summed E-state index contributed by atoms with van der Waals surface area (Å²) in [5.41, 5.74) is 0.633. The van der Waals surface area contributed by atoms with E-state index in [-0.39, 0.29) is 11.7 Å². The number of imide groups is 1. The van der Waals surface area contributed by atoms with E-state index in [4.69, 9.17) is 4.74 Å². The molecule has 114 valence electrons. The maximum atomic E-state index is 11.7. The number of carbonyl (C=O) groups is 2. The SMILES string of the molecule is COc1cccc(SCC(=O)NC(=O)Nc2ccccc2)c1. The summed E-state index contributed by atoms with van der Waals surface area (Å²) in [5, 5.41) is 4.88. The molecule has 2 aromatic rings. The summed E-state index contributed by atoms with van der Waals surface area (Å²) >= 11 is 1.33. The predicted octanol–water partition coefficient (Wildman–Crippen LogP) is 3.14. The summed E-state index contributed by atoms with van der Waals surface area (Å²) in [6.45, 7) is 0. The molecule has 5 nitrogen and oxygen atoms in total. The van der Waals surface area contributed by atoms with Crippen LogP contribution in [0.25, 0.3) is 0 Å². The molecule has 0 heterocycles. The van der Waals surface area contributed by atoms with Crippen molar-refractivity contribution in [2.75, 3.05) is 18.2 Å². The van der Waals surface area contributed by atoms with Gasteiger partial charge in [-0.2, -0.15) is 0 Å². The number of hydrogen-bond donors (Lipinski definition) is 2. The van der Waals surface area contributed by atoms with Gasteiger partial charge in [0, 0.05) is 10.6 Å². The standard InChI is InChI=1S/C16H16N2O3S/c1-21-13-8-5-9-14(10-13)22-11-15(19)18-16(20)17-12-6-3-2-4-7-12/h2-10H,11H2,1H3,(H2,17,18,19,20). The molecule has 0 aliphatic carbocycles. The van der Waals surface area contributed by atoms with Gasteiger partial charge in [-0.1, -0.05) is 24.3 Å². The van der Waals surface area contributed by atoms with Crippen LogP contribution in [0.2, 0.25) is 0 Å². The highest BCUT2D eigenvalue weighted by Gasteiger charge is 2.08. The van der Waals surface area contributed by atoms with Crippen molar-refractivity contribution in [3.05, 3.63) is 54.6 Å². The maximum Gasteiger partial charge on any atom is 0.325 e. The number of thioether (sulfide) groups is 1. The molecule has 0 saturated carbocycles. The van der Waals surface area contributed by atoms with Crippen molar-refractivity contribution in [3.8, 4) is 5.75 Å². The molecule has 2 aromatic carbocycles. The molecular formula is C16H16N2O3S. The summed E-state index contributed by atoms with van der Waals surface area (Å²) in [5.74, 6) is 0.517. The largest absolute Gasteiger partial charge is 0.497 e. The van der Waals surface area contributed by atoms with Crippen molar-refractivity contribution in [1.82, 2.24) is 5.32 Å². The number of carbonyl (C=O) groups excluding carboxylic acids is 2. The second-order valence-electron chi connectivity index (χ2n) is 4.34. The van der Waals surface area contributed by atoms with Crippen LogP contribution in [-0.4, -0.2) is 24.8 Å². The topological polar surface area (TPSA) is 67.4 Å². The van der Waals surface area contributed by atoms with E-state index in [1.165, 1.54) is 11.8 Å². The minimum absolute atomic E-state index is 0.148. The Morgan fingerprint density at radius 1 is 1.09 bits per heavy atom. The van der Waals surface area contributed by atoms with Crippen molar-refractivity contribution in [2.45, 2.75) is 4.90 Å². The molecule has 0 aliphatic heterocycles. The van der Waals surface area contributed by atoms with Crippen molar-refractivity contribution >= 4 is 29.4 Å². The molecule has 0 bridgehead atoms. The van der Waals surface area contributed by atoms with Gasteiger partial charge >= 0.3 is 6.03 Å². The number of ether oxygens (including phenoxy) is 1. The molecule has 0 saturated heterocycles. The first-order valence-corrected chi connectivity index (χ1v) is 7.58. The van der Waals surface area contributed by atoms with E-state index in [9.17, 15) is 9.59 Å².